The third kappa shape index (κ3) is 5.90. The number of anilines is 1. The van der Waals surface area contributed by atoms with Crippen LogP contribution in [-0.2, 0) is 10.0 Å². The van der Waals surface area contributed by atoms with Gasteiger partial charge in [0.25, 0.3) is 0 Å². The van der Waals surface area contributed by atoms with Crippen LogP contribution >= 0.6 is 28.3 Å². The highest BCUT2D eigenvalue weighted by Crippen LogP contribution is 2.26. The Morgan fingerprint density at radius 1 is 1.39 bits per heavy atom. The summed E-state index contributed by atoms with van der Waals surface area (Å²) in [4.78, 5) is 2.18. The first kappa shape index (κ1) is 20.7. The van der Waals surface area contributed by atoms with Gasteiger partial charge in [-0.1, -0.05) is 0 Å². The van der Waals surface area contributed by atoms with Crippen LogP contribution in [0.1, 0.15) is 19.3 Å². The predicted molar refractivity (Wildman–Crippen MR) is 101 cm³/mol. The van der Waals surface area contributed by atoms with Crippen molar-refractivity contribution < 1.29 is 8.42 Å². The van der Waals surface area contributed by atoms with Crippen molar-refractivity contribution in [3.63, 3.8) is 0 Å². The maximum Gasteiger partial charge on any atom is 0.241 e. The summed E-state index contributed by atoms with van der Waals surface area (Å²) in [7, 11) is 0.292. The number of rotatable bonds is 6. The third-order valence-corrected chi connectivity index (χ3v) is 6.42. The number of halogens is 2. The molecule has 0 aliphatic carbocycles. The molecule has 1 saturated heterocycles. The van der Waals surface area contributed by atoms with E-state index < -0.39 is 10.0 Å². The van der Waals surface area contributed by atoms with Crippen molar-refractivity contribution in [3.8, 4) is 0 Å². The Hall–Kier alpha value is -0.340. The van der Waals surface area contributed by atoms with Crippen LogP contribution in [0.5, 0.6) is 0 Å². The number of benzene rings is 1. The highest BCUT2D eigenvalue weighted by molar-refractivity contribution is 9.10. The smallest absolute Gasteiger partial charge is 0.241 e. The standard InChI is InChI=1S/C15H24BrN3O2S.ClH/c1-19(2)13-5-6-14(16)15(10-13)22(20,21)18-9-7-12-4-3-8-17-11-12;/h5-6,10,12,17-18H,3-4,7-9,11H2,1-2H3;1H. The van der Waals surface area contributed by atoms with Gasteiger partial charge in [-0.2, -0.15) is 0 Å². The third-order valence-electron chi connectivity index (χ3n) is 3.96. The molecule has 0 radical (unpaired) electrons. The minimum atomic E-state index is -3.49. The second-order valence-corrected chi connectivity index (χ2v) is 8.50. The van der Waals surface area contributed by atoms with Crippen molar-refractivity contribution in [2.45, 2.75) is 24.2 Å². The number of hydrogen-bond acceptors (Lipinski definition) is 4. The van der Waals surface area contributed by atoms with Crippen LogP contribution in [-0.4, -0.2) is 42.1 Å². The molecule has 1 aromatic carbocycles. The molecule has 1 atom stereocenters. The van der Waals surface area contributed by atoms with Gasteiger partial charge in [0, 0.05) is 30.8 Å². The van der Waals surface area contributed by atoms with E-state index in [2.05, 4.69) is 26.0 Å². The number of nitrogens with one attached hydrogen (secondary N) is 2. The summed E-state index contributed by atoms with van der Waals surface area (Å²) in [6.45, 7) is 2.54. The Bertz CT molecular complexity index is 605. The lowest BCUT2D eigenvalue weighted by Gasteiger charge is -2.22. The van der Waals surface area contributed by atoms with Crippen molar-refractivity contribution in [2.75, 3.05) is 38.6 Å². The monoisotopic (exact) mass is 425 g/mol. The average molecular weight is 427 g/mol. The predicted octanol–water partition coefficient (Wildman–Crippen LogP) is 2.60. The number of nitrogens with zero attached hydrogens (tertiary/aromatic N) is 1. The molecule has 2 rings (SSSR count). The van der Waals surface area contributed by atoms with Crippen LogP contribution in [0, 0.1) is 5.92 Å². The van der Waals surface area contributed by atoms with Gasteiger partial charge in [-0.15, -0.1) is 12.4 Å². The molecule has 5 nitrogen and oxygen atoms in total. The Kier molecular flexibility index (Phi) is 8.30. The van der Waals surface area contributed by atoms with Crippen molar-refractivity contribution in [2.24, 2.45) is 5.92 Å². The molecule has 0 spiro atoms. The van der Waals surface area contributed by atoms with Crippen LogP contribution in [0.2, 0.25) is 0 Å². The largest absolute Gasteiger partial charge is 0.378 e. The van der Waals surface area contributed by atoms with Gasteiger partial charge >= 0.3 is 0 Å². The fourth-order valence-electron chi connectivity index (χ4n) is 2.62. The molecule has 2 N–H and O–H groups in total. The summed E-state index contributed by atoms with van der Waals surface area (Å²) in [6, 6.07) is 5.35. The quantitative estimate of drug-likeness (QED) is 0.734. The molecular weight excluding hydrogens is 402 g/mol. The summed E-state index contributed by atoms with van der Waals surface area (Å²) >= 11 is 3.34. The molecule has 1 aliphatic rings. The highest BCUT2D eigenvalue weighted by Gasteiger charge is 2.19. The normalized spacial score (nSPS) is 18.3. The van der Waals surface area contributed by atoms with E-state index in [0.717, 1.165) is 25.2 Å². The van der Waals surface area contributed by atoms with E-state index in [1.807, 2.05) is 25.1 Å². The van der Waals surface area contributed by atoms with Crippen molar-refractivity contribution >= 4 is 44.0 Å². The first-order chi connectivity index (χ1) is 10.4. The van der Waals surface area contributed by atoms with Gasteiger partial charge in [-0.25, -0.2) is 13.1 Å². The average Bonchev–Trinajstić information content (AvgIpc) is 2.48. The number of piperidine rings is 1. The van der Waals surface area contributed by atoms with E-state index in [0.29, 0.717) is 21.8 Å². The second-order valence-electron chi connectivity index (χ2n) is 5.91. The van der Waals surface area contributed by atoms with E-state index in [4.69, 9.17) is 0 Å². The molecule has 1 fully saturated rings. The van der Waals surface area contributed by atoms with Crippen molar-refractivity contribution in [1.82, 2.24) is 10.0 Å². The zero-order valence-electron chi connectivity index (χ0n) is 13.5. The molecule has 0 amide bonds. The lowest BCUT2D eigenvalue weighted by Crippen LogP contribution is -2.33. The van der Waals surface area contributed by atoms with Crippen LogP contribution in [0.25, 0.3) is 0 Å². The zero-order chi connectivity index (χ0) is 16.2. The van der Waals surface area contributed by atoms with E-state index in [9.17, 15) is 8.42 Å². The summed E-state index contributed by atoms with van der Waals surface area (Å²) in [5.74, 6) is 0.563. The SMILES string of the molecule is CN(C)c1ccc(Br)c(S(=O)(=O)NCCC2CCCNC2)c1.Cl. The lowest BCUT2D eigenvalue weighted by molar-refractivity contribution is 0.358. The van der Waals surface area contributed by atoms with Gasteiger partial charge in [0.2, 0.25) is 10.0 Å². The molecule has 1 heterocycles. The van der Waals surface area contributed by atoms with Gasteiger partial charge in [-0.05, 0) is 72.4 Å². The molecule has 1 aromatic rings. The van der Waals surface area contributed by atoms with E-state index in [1.165, 1.54) is 12.8 Å². The first-order valence-corrected chi connectivity index (χ1v) is 9.85. The van der Waals surface area contributed by atoms with Gasteiger partial charge in [0.15, 0.2) is 0 Å². The minimum absolute atomic E-state index is 0. The van der Waals surface area contributed by atoms with Gasteiger partial charge < -0.3 is 10.2 Å². The maximum absolute atomic E-state index is 12.5. The van der Waals surface area contributed by atoms with Crippen LogP contribution in [0.3, 0.4) is 0 Å². The van der Waals surface area contributed by atoms with Crippen LogP contribution in [0.4, 0.5) is 5.69 Å². The zero-order valence-corrected chi connectivity index (χ0v) is 16.7. The fraction of sp³-hybridized carbons (Fsp3) is 0.600. The Labute approximate surface area is 153 Å². The van der Waals surface area contributed by atoms with Gasteiger partial charge in [-0.3, -0.25) is 0 Å². The van der Waals surface area contributed by atoms with Gasteiger partial charge in [0.05, 0.1) is 4.90 Å². The molecule has 0 bridgehead atoms. The lowest BCUT2D eigenvalue weighted by atomic mass is 9.96. The molecule has 1 aliphatic heterocycles. The van der Waals surface area contributed by atoms with Crippen LogP contribution in [0.15, 0.2) is 27.6 Å². The Morgan fingerprint density at radius 3 is 2.74 bits per heavy atom. The molecule has 132 valence electrons. The summed E-state index contributed by atoms with van der Waals surface area (Å²) < 4.78 is 28.3. The molecule has 0 aromatic heterocycles. The second kappa shape index (κ2) is 9.22. The minimum Gasteiger partial charge on any atom is -0.378 e. The summed E-state index contributed by atoms with van der Waals surface area (Å²) in [6.07, 6.45) is 3.22. The van der Waals surface area contributed by atoms with Crippen LogP contribution < -0.4 is 14.9 Å². The van der Waals surface area contributed by atoms with Crippen molar-refractivity contribution in [1.29, 1.82) is 0 Å². The van der Waals surface area contributed by atoms with Gasteiger partial charge in [0.1, 0.15) is 0 Å². The molecule has 1 unspecified atom stereocenters. The Balaban J connectivity index is 0.00000264. The van der Waals surface area contributed by atoms with E-state index in [-0.39, 0.29) is 12.4 Å². The fourth-order valence-corrected chi connectivity index (χ4v) is 4.65. The molecule has 0 saturated carbocycles. The highest BCUT2D eigenvalue weighted by atomic mass is 79.9. The number of hydrogen-bond donors (Lipinski definition) is 2. The Morgan fingerprint density at radius 2 is 2.13 bits per heavy atom. The first-order valence-electron chi connectivity index (χ1n) is 7.57. The van der Waals surface area contributed by atoms with E-state index in [1.54, 1.807) is 12.1 Å². The summed E-state index contributed by atoms with van der Waals surface area (Å²) in [5.41, 5.74) is 0.861. The topological polar surface area (TPSA) is 61.4 Å². The van der Waals surface area contributed by atoms with E-state index >= 15 is 0 Å². The molecule has 23 heavy (non-hydrogen) atoms. The van der Waals surface area contributed by atoms with Crippen molar-refractivity contribution in [3.05, 3.63) is 22.7 Å². The maximum atomic E-state index is 12.5. The summed E-state index contributed by atoms with van der Waals surface area (Å²) in [5, 5.41) is 3.35. The molecular formula is C15H25BrClN3O2S. The number of sulfonamides is 1. The molecule has 8 heteroatoms.